The molecular formula is C22H21FN2O4S. The van der Waals surface area contributed by atoms with Crippen LogP contribution in [0.2, 0.25) is 0 Å². The van der Waals surface area contributed by atoms with E-state index in [9.17, 15) is 12.8 Å². The Morgan fingerprint density at radius 1 is 1.00 bits per heavy atom. The number of aromatic nitrogens is 1. The maximum absolute atomic E-state index is 14.1. The van der Waals surface area contributed by atoms with Gasteiger partial charge in [0, 0.05) is 37.5 Å². The maximum atomic E-state index is 14.1. The van der Waals surface area contributed by atoms with Crippen molar-refractivity contribution in [3.8, 4) is 0 Å². The van der Waals surface area contributed by atoms with Crippen molar-refractivity contribution in [3.63, 3.8) is 0 Å². The van der Waals surface area contributed by atoms with Gasteiger partial charge in [-0.1, -0.05) is 18.2 Å². The van der Waals surface area contributed by atoms with E-state index in [0.29, 0.717) is 55.7 Å². The zero-order valence-corrected chi connectivity index (χ0v) is 17.1. The molecule has 0 N–H and O–H groups in total. The molecule has 3 heterocycles. The molecule has 0 bridgehead atoms. The van der Waals surface area contributed by atoms with Crippen LogP contribution in [-0.4, -0.2) is 45.5 Å². The quantitative estimate of drug-likeness (QED) is 0.636. The minimum Gasteiger partial charge on any atom is -0.369 e. The number of benzene rings is 2. The van der Waals surface area contributed by atoms with Gasteiger partial charge in [-0.25, -0.2) is 12.8 Å². The zero-order chi connectivity index (χ0) is 20.8. The predicted octanol–water partition coefficient (Wildman–Crippen LogP) is 3.55. The van der Waals surface area contributed by atoms with Crippen LogP contribution in [0.25, 0.3) is 10.9 Å². The Hall–Kier alpha value is -2.55. The normalized spacial score (nSPS) is 18.9. The number of ether oxygens (including phenoxy) is 2. The molecule has 5 rings (SSSR count). The van der Waals surface area contributed by atoms with Crippen LogP contribution in [0.1, 0.15) is 12.8 Å². The molecule has 3 aromatic rings. The molecule has 0 aliphatic carbocycles. The first-order chi connectivity index (χ1) is 14.5. The smallest absolute Gasteiger partial charge is 0.210 e. The molecule has 0 amide bonds. The highest BCUT2D eigenvalue weighted by molar-refractivity contribution is 7.91. The first kappa shape index (κ1) is 19.4. The summed E-state index contributed by atoms with van der Waals surface area (Å²) in [6, 6.07) is 12.5. The van der Waals surface area contributed by atoms with E-state index in [4.69, 9.17) is 9.47 Å². The van der Waals surface area contributed by atoms with E-state index in [1.807, 2.05) is 4.90 Å². The average molecular weight is 428 g/mol. The lowest BCUT2D eigenvalue weighted by Gasteiger charge is -2.39. The second kappa shape index (κ2) is 7.30. The lowest BCUT2D eigenvalue weighted by Crippen LogP contribution is -2.45. The number of nitrogens with zero attached hydrogens (tertiary/aromatic N) is 2. The van der Waals surface area contributed by atoms with Gasteiger partial charge >= 0.3 is 0 Å². The summed E-state index contributed by atoms with van der Waals surface area (Å²) < 4.78 is 52.7. The van der Waals surface area contributed by atoms with Crippen LogP contribution < -0.4 is 4.90 Å². The van der Waals surface area contributed by atoms with E-state index >= 15 is 0 Å². The fraction of sp³-hybridized carbons (Fsp3) is 0.318. The fourth-order valence-electron chi connectivity index (χ4n) is 4.24. The fourth-order valence-corrected chi connectivity index (χ4v) is 5.69. The third-order valence-electron chi connectivity index (χ3n) is 5.77. The highest BCUT2D eigenvalue weighted by Gasteiger charge is 2.41. The molecule has 0 unspecified atom stereocenters. The molecule has 0 saturated carbocycles. The standard InChI is InChI=1S/C22H21FN2O4S/c23-16-6-7-19-18(14-16)21(25-10-8-22(9-11-25)28-12-13-29-22)20(15-24-19)30(26,27)17-4-2-1-3-5-17/h1-7,14-15H,8-13H2. The van der Waals surface area contributed by atoms with E-state index < -0.39 is 21.4 Å². The number of halogens is 1. The van der Waals surface area contributed by atoms with Crippen molar-refractivity contribution in [2.24, 2.45) is 0 Å². The Morgan fingerprint density at radius 2 is 1.70 bits per heavy atom. The van der Waals surface area contributed by atoms with Gasteiger partial charge in [0.15, 0.2) is 5.79 Å². The molecule has 156 valence electrons. The molecule has 0 atom stereocenters. The summed E-state index contributed by atoms with van der Waals surface area (Å²) in [5, 5.41) is 0.483. The summed E-state index contributed by atoms with van der Waals surface area (Å²) in [5.41, 5.74) is 1.03. The molecule has 2 fully saturated rings. The van der Waals surface area contributed by atoms with Gasteiger partial charge in [-0.2, -0.15) is 0 Å². The topological polar surface area (TPSA) is 68.7 Å². The molecule has 2 aromatic carbocycles. The largest absolute Gasteiger partial charge is 0.369 e. The van der Waals surface area contributed by atoms with Crippen molar-refractivity contribution in [2.75, 3.05) is 31.2 Å². The van der Waals surface area contributed by atoms with E-state index in [1.165, 1.54) is 18.3 Å². The van der Waals surface area contributed by atoms with Gasteiger partial charge in [0.05, 0.1) is 29.3 Å². The Labute approximate surface area is 174 Å². The minimum atomic E-state index is -3.84. The van der Waals surface area contributed by atoms with Crippen LogP contribution in [0.15, 0.2) is 64.5 Å². The van der Waals surface area contributed by atoms with E-state index in [0.717, 1.165) is 0 Å². The van der Waals surface area contributed by atoms with Crippen LogP contribution in [0.5, 0.6) is 0 Å². The third-order valence-corrected chi connectivity index (χ3v) is 7.54. The van der Waals surface area contributed by atoms with Gasteiger partial charge < -0.3 is 14.4 Å². The zero-order valence-electron chi connectivity index (χ0n) is 16.3. The number of piperidine rings is 1. The van der Waals surface area contributed by atoms with Crippen molar-refractivity contribution in [2.45, 2.75) is 28.4 Å². The number of hydrogen-bond donors (Lipinski definition) is 0. The summed E-state index contributed by atoms with van der Waals surface area (Å²) in [7, 11) is -3.84. The summed E-state index contributed by atoms with van der Waals surface area (Å²) in [6.07, 6.45) is 2.60. The number of rotatable bonds is 3. The van der Waals surface area contributed by atoms with Gasteiger partial charge in [-0.3, -0.25) is 4.98 Å². The highest BCUT2D eigenvalue weighted by Crippen LogP contribution is 2.40. The maximum Gasteiger partial charge on any atom is 0.210 e. The summed E-state index contributed by atoms with van der Waals surface area (Å²) in [5.74, 6) is -1.03. The molecule has 1 aromatic heterocycles. The Kier molecular flexibility index (Phi) is 4.72. The molecule has 6 nitrogen and oxygen atoms in total. The second-order valence-electron chi connectivity index (χ2n) is 7.54. The Bertz CT molecular complexity index is 1180. The summed E-state index contributed by atoms with van der Waals surface area (Å²) in [6.45, 7) is 2.20. The summed E-state index contributed by atoms with van der Waals surface area (Å²) in [4.78, 5) is 6.56. The molecule has 2 saturated heterocycles. The van der Waals surface area contributed by atoms with Crippen molar-refractivity contribution in [1.29, 1.82) is 0 Å². The van der Waals surface area contributed by atoms with Gasteiger partial charge in [0.2, 0.25) is 9.84 Å². The number of sulfone groups is 1. The molecule has 8 heteroatoms. The van der Waals surface area contributed by atoms with E-state index in [1.54, 1.807) is 36.4 Å². The lowest BCUT2D eigenvalue weighted by atomic mass is 10.0. The molecule has 30 heavy (non-hydrogen) atoms. The first-order valence-corrected chi connectivity index (χ1v) is 11.4. The van der Waals surface area contributed by atoms with Crippen LogP contribution in [0.3, 0.4) is 0 Å². The van der Waals surface area contributed by atoms with Crippen molar-refractivity contribution < 1.29 is 22.3 Å². The SMILES string of the molecule is O=S(=O)(c1ccccc1)c1cnc2ccc(F)cc2c1N1CCC2(CC1)OCCO2. The van der Waals surface area contributed by atoms with Crippen LogP contribution >= 0.6 is 0 Å². The lowest BCUT2D eigenvalue weighted by molar-refractivity contribution is -0.169. The third kappa shape index (κ3) is 3.25. The summed E-state index contributed by atoms with van der Waals surface area (Å²) >= 11 is 0. The van der Waals surface area contributed by atoms with Gasteiger partial charge in [0.1, 0.15) is 10.7 Å². The van der Waals surface area contributed by atoms with Crippen molar-refractivity contribution in [1.82, 2.24) is 4.98 Å². The number of anilines is 1. The number of fused-ring (bicyclic) bond motifs is 1. The first-order valence-electron chi connectivity index (χ1n) is 9.90. The van der Waals surface area contributed by atoms with Crippen molar-refractivity contribution >= 4 is 26.4 Å². The highest BCUT2D eigenvalue weighted by atomic mass is 32.2. The van der Waals surface area contributed by atoms with Gasteiger partial charge in [-0.05, 0) is 30.3 Å². The van der Waals surface area contributed by atoms with Crippen LogP contribution in [-0.2, 0) is 19.3 Å². The molecule has 2 aliphatic rings. The minimum absolute atomic E-state index is 0.0796. The monoisotopic (exact) mass is 428 g/mol. The van der Waals surface area contributed by atoms with Crippen LogP contribution in [0.4, 0.5) is 10.1 Å². The second-order valence-corrected chi connectivity index (χ2v) is 9.46. The van der Waals surface area contributed by atoms with Gasteiger partial charge in [-0.15, -0.1) is 0 Å². The van der Waals surface area contributed by atoms with E-state index in [2.05, 4.69) is 4.98 Å². The Morgan fingerprint density at radius 3 is 2.40 bits per heavy atom. The molecular weight excluding hydrogens is 407 g/mol. The molecule has 2 aliphatic heterocycles. The van der Waals surface area contributed by atoms with Crippen molar-refractivity contribution in [3.05, 3.63) is 60.5 Å². The van der Waals surface area contributed by atoms with Crippen LogP contribution in [0, 0.1) is 5.82 Å². The van der Waals surface area contributed by atoms with Gasteiger partial charge in [0.25, 0.3) is 0 Å². The predicted molar refractivity (Wildman–Crippen MR) is 110 cm³/mol. The Balaban J connectivity index is 1.65. The van der Waals surface area contributed by atoms with E-state index in [-0.39, 0.29) is 9.79 Å². The number of pyridine rings is 1. The average Bonchev–Trinajstić information content (AvgIpc) is 3.22. The molecule has 1 spiro atoms. The molecule has 0 radical (unpaired) electrons. The number of hydrogen-bond acceptors (Lipinski definition) is 6.